The van der Waals surface area contributed by atoms with Crippen molar-refractivity contribution in [3.8, 4) is 11.9 Å². The highest BCUT2D eigenvalue weighted by atomic mass is 16.5. The van der Waals surface area contributed by atoms with Crippen LogP contribution in [0.3, 0.4) is 0 Å². The molecule has 0 radical (unpaired) electrons. The number of nitrogens with one attached hydrogen (secondary N) is 3. The maximum Gasteiger partial charge on any atom is 0.234 e. The monoisotopic (exact) mass is 434 g/mol. The van der Waals surface area contributed by atoms with Gasteiger partial charge >= 0.3 is 0 Å². The molecule has 2 aromatic rings. The fraction of sp³-hybridized carbons (Fsp3) is 0.478. The van der Waals surface area contributed by atoms with Crippen LogP contribution in [-0.2, 0) is 0 Å². The van der Waals surface area contributed by atoms with E-state index in [2.05, 4.69) is 43.5 Å². The Bertz CT molecular complexity index is 1010. The van der Waals surface area contributed by atoms with Crippen molar-refractivity contribution in [1.82, 2.24) is 20.1 Å². The molecule has 3 atom stereocenters. The molecule has 2 bridgehead atoms. The summed E-state index contributed by atoms with van der Waals surface area (Å²) in [5.41, 5.74) is 1.68. The molecule has 0 aromatic carbocycles. The number of allylic oxidation sites excluding steroid dienone is 1. The molecule has 0 spiro atoms. The fourth-order valence-corrected chi connectivity index (χ4v) is 4.92. The largest absolute Gasteiger partial charge is 0.480 e. The van der Waals surface area contributed by atoms with E-state index in [0.717, 1.165) is 36.5 Å². The van der Waals surface area contributed by atoms with Crippen LogP contribution in [0.1, 0.15) is 44.6 Å². The van der Waals surface area contributed by atoms with Gasteiger partial charge in [-0.1, -0.05) is 12.2 Å². The molecule has 2 aliphatic heterocycles. The SMILES string of the molecule is C=Nc1cc(Nc2cc(OC)n[nH]2)nc(NC2C[C@H]3CC[C@@H](C2)N3CCC#N)c1/C=C\C. The number of hydrogen-bond acceptors (Lipinski definition) is 8. The van der Waals surface area contributed by atoms with Crippen molar-refractivity contribution >= 4 is 35.9 Å². The summed E-state index contributed by atoms with van der Waals surface area (Å²) < 4.78 is 5.14. The van der Waals surface area contributed by atoms with Gasteiger partial charge in [0.15, 0.2) is 0 Å². The maximum absolute atomic E-state index is 8.98. The highest BCUT2D eigenvalue weighted by Crippen LogP contribution is 2.38. The summed E-state index contributed by atoms with van der Waals surface area (Å²) in [6.45, 7) is 6.61. The predicted molar refractivity (Wildman–Crippen MR) is 127 cm³/mol. The molecular formula is C23H30N8O. The minimum Gasteiger partial charge on any atom is -0.480 e. The summed E-state index contributed by atoms with van der Waals surface area (Å²) in [5.74, 6) is 2.61. The first kappa shape index (κ1) is 21.8. The molecular weight excluding hydrogens is 404 g/mol. The Morgan fingerprint density at radius 3 is 2.78 bits per heavy atom. The van der Waals surface area contributed by atoms with Crippen molar-refractivity contribution in [2.45, 2.75) is 57.2 Å². The smallest absolute Gasteiger partial charge is 0.234 e. The van der Waals surface area contributed by atoms with Gasteiger partial charge in [-0.3, -0.25) is 15.0 Å². The number of H-pyrrole nitrogens is 1. The van der Waals surface area contributed by atoms with Gasteiger partial charge in [0.2, 0.25) is 5.88 Å². The summed E-state index contributed by atoms with van der Waals surface area (Å²) in [4.78, 5) is 11.6. The van der Waals surface area contributed by atoms with Gasteiger partial charge < -0.3 is 15.4 Å². The van der Waals surface area contributed by atoms with Crippen molar-refractivity contribution in [1.29, 1.82) is 5.26 Å². The first-order valence-electron chi connectivity index (χ1n) is 11.0. The third-order valence-electron chi connectivity index (χ3n) is 6.27. The van der Waals surface area contributed by atoms with E-state index in [-0.39, 0.29) is 0 Å². The quantitative estimate of drug-likeness (QED) is 0.506. The van der Waals surface area contributed by atoms with Crippen molar-refractivity contribution in [2.75, 3.05) is 24.3 Å². The third kappa shape index (κ3) is 4.60. The van der Waals surface area contributed by atoms with Crippen LogP contribution in [0.2, 0.25) is 0 Å². The van der Waals surface area contributed by atoms with Gasteiger partial charge in [0.05, 0.1) is 18.9 Å². The van der Waals surface area contributed by atoms with Gasteiger partial charge in [-0.25, -0.2) is 4.98 Å². The Morgan fingerprint density at radius 1 is 1.38 bits per heavy atom. The molecule has 4 heterocycles. The van der Waals surface area contributed by atoms with E-state index in [0.29, 0.717) is 42.1 Å². The molecule has 2 aliphatic rings. The number of aromatic nitrogens is 3. The van der Waals surface area contributed by atoms with Crippen LogP contribution in [0.25, 0.3) is 6.08 Å². The van der Waals surface area contributed by atoms with Crippen LogP contribution in [0.5, 0.6) is 5.88 Å². The van der Waals surface area contributed by atoms with Gasteiger partial charge in [-0.2, -0.15) is 5.26 Å². The van der Waals surface area contributed by atoms with Crippen LogP contribution < -0.4 is 15.4 Å². The molecule has 0 aliphatic carbocycles. The number of piperidine rings is 1. The number of nitrogens with zero attached hydrogens (tertiary/aromatic N) is 5. The van der Waals surface area contributed by atoms with Gasteiger partial charge in [0.25, 0.3) is 0 Å². The number of anilines is 3. The molecule has 9 nitrogen and oxygen atoms in total. The number of pyridine rings is 1. The second-order valence-electron chi connectivity index (χ2n) is 8.24. The predicted octanol–water partition coefficient (Wildman–Crippen LogP) is 4.24. The first-order valence-corrected chi connectivity index (χ1v) is 11.0. The van der Waals surface area contributed by atoms with Crippen LogP contribution in [0, 0.1) is 11.3 Å². The second-order valence-corrected chi connectivity index (χ2v) is 8.24. The van der Waals surface area contributed by atoms with Crippen LogP contribution >= 0.6 is 0 Å². The lowest BCUT2D eigenvalue weighted by atomic mass is 9.96. The number of rotatable bonds is 9. The summed E-state index contributed by atoms with van der Waals surface area (Å²) in [5, 5.41) is 22.9. The molecule has 1 unspecified atom stereocenters. The Hall–Kier alpha value is -3.38. The van der Waals surface area contributed by atoms with Gasteiger partial charge in [-0.15, -0.1) is 5.10 Å². The highest BCUT2D eigenvalue weighted by molar-refractivity contribution is 5.78. The van der Waals surface area contributed by atoms with Gasteiger partial charge in [0.1, 0.15) is 17.5 Å². The molecule has 2 aromatic heterocycles. The van der Waals surface area contributed by atoms with E-state index >= 15 is 0 Å². The lowest BCUT2D eigenvalue weighted by molar-refractivity contribution is 0.135. The third-order valence-corrected chi connectivity index (χ3v) is 6.27. The lowest BCUT2D eigenvalue weighted by Gasteiger charge is -2.39. The van der Waals surface area contributed by atoms with Crippen LogP contribution in [0.15, 0.2) is 23.2 Å². The normalized spacial score (nSPS) is 22.6. The molecule has 4 rings (SSSR count). The number of fused-ring (bicyclic) bond motifs is 2. The zero-order chi connectivity index (χ0) is 22.5. The standard InChI is InChI=1S/C23H30N8O/c1-4-6-18-19(25-2)13-20(27-21-14-22(32-3)30-29-21)28-23(18)26-15-11-16-7-8-17(12-15)31(16)10-5-9-24/h4,6,13-17H,2,5,7-8,10-12H2,1,3H3,(H3,26,27,28,29,30)/b6-4-/t15?,16-,17+. The molecule has 2 fully saturated rings. The fourth-order valence-electron chi connectivity index (χ4n) is 4.92. The van der Waals surface area contributed by atoms with Gasteiger partial charge in [0, 0.05) is 48.8 Å². The maximum atomic E-state index is 8.98. The van der Waals surface area contributed by atoms with E-state index in [1.165, 1.54) is 12.8 Å². The van der Waals surface area contributed by atoms with Crippen LogP contribution in [-0.4, -0.2) is 58.6 Å². The zero-order valence-electron chi connectivity index (χ0n) is 18.6. The number of hydrogen-bond donors (Lipinski definition) is 3. The lowest BCUT2D eigenvalue weighted by Crippen LogP contribution is -2.47. The number of aromatic amines is 1. The molecule has 0 amide bonds. The summed E-state index contributed by atoms with van der Waals surface area (Å²) >= 11 is 0. The van der Waals surface area contributed by atoms with Gasteiger partial charge in [-0.05, 0) is 39.3 Å². The van der Waals surface area contributed by atoms with Crippen molar-refractivity contribution in [3.63, 3.8) is 0 Å². The first-order chi connectivity index (χ1) is 15.6. The summed E-state index contributed by atoms with van der Waals surface area (Å²) in [6.07, 6.45) is 9.09. The van der Waals surface area contributed by atoms with Crippen molar-refractivity contribution in [3.05, 3.63) is 23.8 Å². The zero-order valence-corrected chi connectivity index (χ0v) is 18.6. The molecule has 9 heteroatoms. The van der Waals surface area contributed by atoms with Crippen molar-refractivity contribution < 1.29 is 4.74 Å². The Labute approximate surface area is 188 Å². The van der Waals surface area contributed by atoms with Crippen molar-refractivity contribution in [2.24, 2.45) is 4.99 Å². The second kappa shape index (κ2) is 9.83. The highest BCUT2D eigenvalue weighted by Gasteiger charge is 2.40. The number of methoxy groups -OCH3 is 1. The topological polar surface area (TPSA) is 114 Å². The minimum atomic E-state index is 0.322. The Morgan fingerprint density at radius 2 is 2.16 bits per heavy atom. The molecule has 168 valence electrons. The summed E-state index contributed by atoms with van der Waals surface area (Å²) in [7, 11) is 1.57. The minimum absolute atomic E-state index is 0.322. The molecule has 2 saturated heterocycles. The number of ether oxygens (including phenoxy) is 1. The Balaban J connectivity index is 1.56. The number of aliphatic imine (C=N–C) groups is 1. The molecule has 0 saturated carbocycles. The number of nitriles is 1. The summed E-state index contributed by atoms with van der Waals surface area (Å²) in [6, 6.07) is 7.30. The average molecular weight is 435 g/mol. The van der Waals surface area contributed by atoms with Crippen LogP contribution in [0.4, 0.5) is 23.1 Å². The van der Waals surface area contributed by atoms with E-state index in [1.54, 1.807) is 13.2 Å². The molecule has 3 N–H and O–H groups in total. The van der Waals surface area contributed by atoms with E-state index in [4.69, 9.17) is 15.0 Å². The van der Waals surface area contributed by atoms with E-state index in [1.807, 2.05) is 25.1 Å². The molecule has 32 heavy (non-hydrogen) atoms. The van der Waals surface area contributed by atoms with E-state index in [9.17, 15) is 0 Å². The average Bonchev–Trinajstić information content (AvgIpc) is 3.34. The van der Waals surface area contributed by atoms with E-state index < -0.39 is 0 Å². The Kier molecular flexibility index (Phi) is 6.71.